The van der Waals surface area contributed by atoms with Crippen molar-refractivity contribution in [3.05, 3.63) is 29.5 Å². The van der Waals surface area contributed by atoms with Crippen LogP contribution in [0.3, 0.4) is 0 Å². The van der Waals surface area contributed by atoms with Crippen LogP contribution in [0.4, 0.5) is 0 Å². The van der Waals surface area contributed by atoms with Gasteiger partial charge in [0.25, 0.3) is 5.91 Å². The van der Waals surface area contributed by atoms with Crippen molar-refractivity contribution < 1.29 is 23.9 Å². The van der Waals surface area contributed by atoms with Crippen LogP contribution in [0.2, 0.25) is 0 Å². The Balaban J connectivity index is 2.48. The van der Waals surface area contributed by atoms with Gasteiger partial charge in [-0.3, -0.25) is 9.36 Å². The molecule has 0 saturated carbocycles. The lowest BCUT2D eigenvalue weighted by atomic mass is 10.1. The summed E-state index contributed by atoms with van der Waals surface area (Å²) < 4.78 is 17.6. The Kier molecular flexibility index (Phi) is 4.46. The van der Waals surface area contributed by atoms with Crippen LogP contribution in [0, 0.1) is 6.92 Å². The highest BCUT2D eigenvalue weighted by Crippen LogP contribution is 2.35. The average molecular weight is 340 g/mol. The van der Waals surface area contributed by atoms with E-state index < -0.39 is 19.9 Å². The summed E-state index contributed by atoms with van der Waals surface area (Å²) in [6, 6.07) is 4.86. The number of rotatable bonds is 4. The van der Waals surface area contributed by atoms with Gasteiger partial charge >= 0.3 is 7.60 Å². The van der Waals surface area contributed by atoms with Crippen molar-refractivity contribution in [2.24, 2.45) is 23.5 Å². The highest BCUT2D eigenvalue weighted by atomic mass is 31.2. The van der Waals surface area contributed by atoms with Gasteiger partial charge in [-0.1, -0.05) is 0 Å². The Morgan fingerprint density at radius 3 is 2.57 bits per heavy atom. The largest absolute Gasteiger partial charge is 0.481 e. The number of amides is 1. The SMILES string of the molecule is Cc1cc(OCP(=O)(O)O)cc2c1cc(C(=O)N=C(N)N)n2C. The van der Waals surface area contributed by atoms with Crippen molar-refractivity contribution in [1.82, 2.24) is 4.57 Å². The molecule has 0 aliphatic rings. The number of guanidine groups is 1. The van der Waals surface area contributed by atoms with Gasteiger partial charge in [0, 0.05) is 18.5 Å². The predicted molar refractivity (Wildman–Crippen MR) is 85.3 cm³/mol. The molecule has 0 saturated heterocycles. The van der Waals surface area contributed by atoms with Crippen LogP contribution >= 0.6 is 7.60 Å². The molecule has 124 valence electrons. The number of aromatic nitrogens is 1. The standard InChI is InChI=1S/C13H17N4O5P/c1-7-3-8(22-6-23(19,20)21)4-10-9(7)5-11(17(10)2)12(18)16-13(14)15/h3-5H,6H2,1-2H3,(H2,19,20,21)(H4,14,15,16,18). The summed E-state index contributed by atoms with van der Waals surface area (Å²) in [6.45, 7) is 1.79. The van der Waals surface area contributed by atoms with Crippen LogP contribution in [0.25, 0.3) is 10.9 Å². The number of nitrogens with two attached hydrogens (primary N) is 2. The molecule has 0 aliphatic carbocycles. The van der Waals surface area contributed by atoms with E-state index in [1.807, 2.05) is 0 Å². The van der Waals surface area contributed by atoms with Gasteiger partial charge in [-0.15, -0.1) is 0 Å². The molecule has 0 spiro atoms. The van der Waals surface area contributed by atoms with E-state index >= 15 is 0 Å². The summed E-state index contributed by atoms with van der Waals surface area (Å²) in [5, 5.41) is 0.783. The number of fused-ring (bicyclic) bond motifs is 1. The Morgan fingerprint density at radius 2 is 2.00 bits per heavy atom. The Bertz CT molecular complexity index is 848. The first-order chi connectivity index (χ1) is 10.6. The molecule has 1 amide bonds. The molecule has 2 rings (SSSR count). The first kappa shape index (κ1) is 17.0. The third-order valence-corrected chi connectivity index (χ3v) is 3.66. The lowest BCUT2D eigenvalue weighted by Gasteiger charge is -2.09. The van der Waals surface area contributed by atoms with Crippen LogP contribution in [-0.2, 0) is 11.6 Å². The quantitative estimate of drug-likeness (QED) is 0.357. The van der Waals surface area contributed by atoms with Crippen molar-refractivity contribution in [1.29, 1.82) is 0 Å². The number of hydrogen-bond acceptors (Lipinski definition) is 3. The first-order valence-electron chi connectivity index (χ1n) is 6.50. The Hall–Kier alpha value is -2.35. The number of ether oxygens (including phenoxy) is 1. The van der Waals surface area contributed by atoms with E-state index in [0.717, 1.165) is 10.9 Å². The van der Waals surface area contributed by atoms with Crippen LogP contribution in [0.1, 0.15) is 16.1 Å². The van der Waals surface area contributed by atoms with E-state index in [9.17, 15) is 9.36 Å². The summed E-state index contributed by atoms with van der Waals surface area (Å²) in [4.78, 5) is 33.2. The second-order valence-corrected chi connectivity index (χ2v) is 6.63. The van der Waals surface area contributed by atoms with E-state index in [1.54, 1.807) is 36.7 Å². The molecule has 0 radical (unpaired) electrons. The molecule has 1 aromatic carbocycles. The van der Waals surface area contributed by atoms with Crippen molar-refractivity contribution in [3.8, 4) is 5.75 Å². The lowest BCUT2D eigenvalue weighted by Crippen LogP contribution is -2.24. The number of carbonyl (C=O) groups excluding carboxylic acids is 1. The molecule has 0 atom stereocenters. The number of benzene rings is 1. The minimum atomic E-state index is -4.27. The lowest BCUT2D eigenvalue weighted by molar-refractivity contribution is 0.0995. The Morgan fingerprint density at radius 1 is 1.35 bits per heavy atom. The highest BCUT2D eigenvalue weighted by molar-refractivity contribution is 7.51. The number of hydrogen-bond donors (Lipinski definition) is 4. The molecule has 0 unspecified atom stereocenters. The van der Waals surface area contributed by atoms with Crippen molar-refractivity contribution >= 4 is 30.4 Å². The maximum atomic E-state index is 12.0. The zero-order valence-corrected chi connectivity index (χ0v) is 13.4. The summed E-state index contributed by atoms with van der Waals surface area (Å²) in [6.07, 6.45) is -0.720. The minimum absolute atomic E-state index is 0.281. The van der Waals surface area contributed by atoms with Gasteiger partial charge in [0.1, 0.15) is 11.4 Å². The van der Waals surface area contributed by atoms with Crippen molar-refractivity contribution in [2.75, 3.05) is 6.35 Å². The first-order valence-corrected chi connectivity index (χ1v) is 8.29. The van der Waals surface area contributed by atoms with Gasteiger partial charge < -0.3 is 30.6 Å². The summed E-state index contributed by atoms with van der Waals surface area (Å²) in [5.41, 5.74) is 12.1. The molecule has 1 heterocycles. The van der Waals surface area contributed by atoms with E-state index in [-0.39, 0.29) is 11.7 Å². The molecule has 0 bridgehead atoms. The van der Waals surface area contributed by atoms with Crippen LogP contribution in [0.15, 0.2) is 23.2 Å². The molecular weight excluding hydrogens is 323 g/mol. The topological polar surface area (TPSA) is 153 Å². The molecule has 10 heteroatoms. The molecular formula is C13H17N4O5P. The second-order valence-electron chi connectivity index (χ2n) is 5.04. The molecule has 1 aromatic heterocycles. The number of nitrogens with zero attached hydrogens (tertiary/aromatic N) is 2. The van der Waals surface area contributed by atoms with Gasteiger partial charge in [0.2, 0.25) is 0 Å². The van der Waals surface area contributed by atoms with E-state index in [2.05, 4.69) is 4.99 Å². The third-order valence-electron chi connectivity index (χ3n) is 3.19. The van der Waals surface area contributed by atoms with Gasteiger partial charge in [0.15, 0.2) is 12.3 Å². The molecule has 2 aromatic rings. The van der Waals surface area contributed by atoms with Gasteiger partial charge in [-0.2, -0.15) is 4.99 Å². The maximum Gasteiger partial charge on any atom is 0.362 e. The van der Waals surface area contributed by atoms with Crippen molar-refractivity contribution in [2.45, 2.75) is 6.92 Å². The molecule has 6 N–H and O–H groups in total. The second kappa shape index (κ2) is 6.04. The highest BCUT2D eigenvalue weighted by Gasteiger charge is 2.17. The summed E-state index contributed by atoms with van der Waals surface area (Å²) in [5.74, 6) is -0.621. The van der Waals surface area contributed by atoms with Crippen LogP contribution in [-0.4, -0.2) is 32.6 Å². The smallest absolute Gasteiger partial charge is 0.362 e. The van der Waals surface area contributed by atoms with Crippen LogP contribution < -0.4 is 16.2 Å². The number of aliphatic imine (C=N–C) groups is 1. The monoisotopic (exact) mass is 340 g/mol. The average Bonchev–Trinajstić information content (AvgIpc) is 2.73. The number of carbonyl (C=O) groups is 1. The fourth-order valence-electron chi connectivity index (χ4n) is 2.20. The van der Waals surface area contributed by atoms with E-state index in [1.165, 1.54) is 0 Å². The maximum absolute atomic E-state index is 12.0. The minimum Gasteiger partial charge on any atom is -0.481 e. The Labute approximate surface area is 131 Å². The van der Waals surface area contributed by atoms with E-state index in [4.69, 9.17) is 26.0 Å². The predicted octanol–water partition coefficient (Wildman–Crippen LogP) is 0.414. The van der Waals surface area contributed by atoms with E-state index in [0.29, 0.717) is 11.3 Å². The summed E-state index contributed by atoms with van der Waals surface area (Å²) >= 11 is 0. The number of aryl methyl sites for hydroxylation is 2. The molecule has 0 aliphatic heterocycles. The fourth-order valence-corrected chi connectivity index (χ4v) is 2.51. The molecule has 9 nitrogen and oxygen atoms in total. The van der Waals surface area contributed by atoms with Gasteiger partial charge in [-0.05, 0) is 24.6 Å². The fraction of sp³-hybridized carbons (Fsp3) is 0.231. The summed E-state index contributed by atoms with van der Waals surface area (Å²) in [7, 11) is -2.62. The van der Waals surface area contributed by atoms with Crippen molar-refractivity contribution in [3.63, 3.8) is 0 Å². The van der Waals surface area contributed by atoms with Gasteiger partial charge in [-0.25, -0.2) is 0 Å². The molecule has 0 fully saturated rings. The third kappa shape index (κ3) is 3.89. The zero-order chi connectivity index (χ0) is 17.4. The zero-order valence-electron chi connectivity index (χ0n) is 12.6. The van der Waals surface area contributed by atoms with Crippen LogP contribution in [0.5, 0.6) is 5.75 Å². The normalized spacial score (nSPS) is 11.5. The molecule has 23 heavy (non-hydrogen) atoms. The van der Waals surface area contributed by atoms with Gasteiger partial charge in [0.05, 0.1) is 5.52 Å².